The van der Waals surface area contributed by atoms with Crippen LogP contribution in [0.1, 0.15) is 28.4 Å². The largest absolute Gasteiger partial charge is 0.380 e. The van der Waals surface area contributed by atoms with Crippen LogP contribution in [0.15, 0.2) is 41.3 Å². The Balaban J connectivity index is 1.58. The number of rotatable bonds is 5. The predicted octanol–water partition coefficient (Wildman–Crippen LogP) is 1.76. The number of aryl methyl sites for hydroxylation is 1. The molecule has 172 valence electrons. The molecule has 1 aromatic carbocycles. The first-order valence-corrected chi connectivity index (χ1v) is 11.7. The van der Waals surface area contributed by atoms with E-state index >= 15 is 0 Å². The number of pyridine rings is 2. The minimum absolute atomic E-state index is 0.195. The Morgan fingerprint density at radius 1 is 1.18 bits per heavy atom. The van der Waals surface area contributed by atoms with Gasteiger partial charge in [-0.1, -0.05) is 24.3 Å². The Morgan fingerprint density at radius 3 is 2.52 bits per heavy atom. The third kappa shape index (κ3) is 3.84. The summed E-state index contributed by atoms with van der Waals surface area (Å²) in [5, 5.41) is 10.0. The van der Waals surface area contributed by atoms with Gasteiger partial charge >= 0.3 is 0 Å². The fraction of sp³-hybridized carbons (Fsp3) is 0.400. The highest BCUT2D eigenvalue weighted by Crippen LogP contribution is 2.28. The highest BCUT2D eigenvalue weighted by Gasteiger charge is 2.27. The summed E-state index contributed by atoms with van der Waals surface area (Å²) in [6.07, 6.45) is 3.69. The van der Waals surface area contributed by atoms with E-state index in [1.807, 2.05) is 17.6 Å². The fourth-order valence-electron chi connectivity index (χ4n) is 5.12. The molecule has 1 amide bonds. The molecule has 0 saturated carbocycles. The van der Waals surface area contributed by atoms with Gasteiger partial charge in [0.25, 0.3) is 5.91 Å². The molecule has 0 atom stereocenters. The van der Waals surface area contributed by atoms with E-state index in [9.17, 15) is 9.59 Å². The summed E-state index contributed by atoms with van der Waals surface area (Å²) in [7, 11) is 1.57. The number of benzene rings is 1. The molecule has 0 bridgehead atoms. The number of nitrogens with one attached hydrogen (secondary N) is 3. The molecular formula is C25H30N6O2. The molecule has 1 saturated heterocycles. The average molecular weight is 447 g/mol. The topological polar surface area (TPSA) is 91.3 Å². The number of carbonyl (C=O) groups is 1. The first-order valence-electron chi connectivity index (χ1n) is 11.7. The van der Waals surface area contributed by atoms with E-state index in [1.54, 1.807) is 13.2 Å². The fourth-order valence-corrected chi connectivity index (χ4v) is 5.12. The van der Waals surface area contributed by atoms with Gasteiger partial charge in [0.2, 0.25) is 5.43 Å². The summed E-state index contributed by atoms with van der Waals surface area (Å²) in [5.74, 6) is 0.303. The zero-order chi connectivity index (χ0) is 22.9. The molecule has 2 aromatic heterocycles. The van der Waals surface area contributed by atoms with E-state index < -0.39 is 0 Å². The molecule has 33 heavy (non-hydrogen) atoms. The molecule has 8 nitrogen and oxygen atoms in total. The van der Waals surface area contributed by atoms with E-state index in [0.717, 1.165) is 44.7 Å². The van der Waals surface area contributed by atoms with Crippen LogP contribution in [0.2, 0.25) is 0 Å². The molecule has 8 heteroatoms. The second kappa shape index (κ2) is 8.86. The van der Waals surface area contributed by atoms with Crippen molar-refractivity contribution in [2.24, 2.45) is 0 Å². The van der Waals surface area contributed by atoms with Crippen molar-refractivity contribution in [3.05, 3.63) is 63.4 Å². The van der Waals surface area contributed by atoms with Gasteiger partial charge in [-0.3, -0.25) is 9.59 Å². The molecule has 3 N–H and O–H groups in total. The zero-order valence-corrected chi connectivity index (χ0v) is 19.1. The standard InChI is InChI=1S/C25H30N6O2/c1-3-31-23-20(22(32)21(24(33)26-2)25(31)30-10-8-27-9-11-30)14-19(15-28-23)29-18-12-16-6-4-5-7-17(16)13-18/h4-7,14-15,18,27,29H,3,8-13H2,1-2H3,(H,26,33). The van der Waals surface area contributed by atoms with Gasteiger partial charge in [-0.2, -0.15) is 0 Å². The minimum Gasteiger partial charge on any atom is -0.380 e. The molecule has 2 aliphatic rings. The Hall–Kier alpha value is -3.39. The van der Waals surface area contributed by atoms with Crippen LogP contribution in [0.5, 0.6) is 0 Å². The molecule has 1 fully saturated rings. The zero-order valence-electron chi connectivity index (χ0n) is 19.1. The Bertz CT molecular complexity index is 1240. The number of hydrogen-bond acceptors (Lipinski definition) is 6. The number of fused-ring (bicyclic) bond motifs is 2. The number of carbonyl (C=O) groups excluding carboxylic acids is 1. The van der Waals surface area contributed by atoms with Crippen LogP contribution in [0.25, 0.3) is 11.0 Å². The highest BCUT2D eigenvalue weighted by atomic mass is 16.2. The van der Waals surface area contributed by atoms with Crippen LogP contribution in [0.3, 0.4) is 0 Å². The quantitative estimate of drug-likeness (QED) is 0.553. The van der Waals surface area contributed by atoms with Gasteiger partial charge in [-0.05, 0) is 37.0 Å². The smallest absolute Gasteiger partial charge is 0.258 e. The molecule has 0 unspecified atom stereocenters. The number of nitrogens with zero attached hydrogens (tertiary/aromatic N) is 3. The van der Waals surface area contributed by atoms with Gasteiger partial charge in [0.15, 0.2) is 0 Å². The molecule has 1 aliphatic carbocycles. The maximum absolute atomic E-state index is 13.6. The normalized spacial score (nSPS) is 16.1. The third-order valence-electron chi connectivity index (χ3n) is 6.68. The van der Waals surface area contributed by atoms with E-state index in [-0.39, 0.29) is 22.9 Å². The summed E-state index contributed by atoms with van der Waals surface area (Å²) in [6, 6.07) is 10.6. The minimum atomic E-state index is -0.359. The van der Waals surface area contributed by atoms with Gasteiger partial charge in [0, 0.05) is 45.8 Å². The average Bonchev–Trinajstić information content (AvgIpc) is 3.26. The van der Waals surface area contributed by atoms with Crippen molar-refractivity contribution in [2.75, 3.05) is 43.4 Å². The molecule has 0 spiro atoms. The van der Waals surface area contributed by atoms with Gasteiger partial charge in [0.1, 0.15) is 17.0 Å². The van der Waals surface area contributed by atoms with Crippen molar-refractivity contribution < 1.29 is 4.79 Å². The SMILES string of the molecule is CCn1c(N2CCNCC2)c(C(=O)NC)c(=O)c2cc(NC3Cc4ccccc4C3)cnc21. The van der Waals surface area contributed by atoms with Crippen molar-refractivity contribution in [3.8, 4) is 0 Å². The maximum atomic E-state index is 13.6. The van der Waals surface area contributed by atoms with Crippen LogP contribution in [0.4, 0.5) is 11.5 Å². The summed E-state index contributed by atoms with van der Waals surface area (Å²) < 4.78 is 2.00. The van der Waals surface area contributed by atoms with Gasteiger partial charge in [-0.25, -0.2) is 4.98 Å². The predicted molar refractivity (Wildman–Crippen MR) is 131 cm³/mol. The lowest BCUT2D eigenvalue weighted by Crippen LogP contribution is -2.46. The number of piperazine rings is 1. The Labute approximate surface area is 193 Å². The summed E-state index contributed by atoms with van der Waals surface area (Å²) in [5.41, 5.74) is 4.07. The van der Waals surface area contributed by atoms with Crippen LogP contribution in [-0.2, 0) is 19.4 Å². The van der Waals surface area contributed by atoms with Crippen LogP contribution in [-0.4, -0.2) is 54.7 Å². The summed E-state index contributed by atoms with van der Waals surface area (Å²) in [4.78, 5) is 33.4. The Kier molecular flexibility index (Phi) is 5.76. The van der Waals surface area contributed by atoms with E-state index in [0.29, 0.717) is 23.4 Å². The summed E-state index contributed by atoms with van der Waals surface area (Å²) >= 11 is 0. The monoisotopic (exact) mass is 446 g/mol. The first kappa shape index (κ1) is 21.5. The van der Waals surface area contributed by atoms with Crippen molar-refractivity contribution >= 4 is 28.4 Å². The highest BCUT2D eigenvalue weighted by molar-refractivity contribution is 6.02. The van der Waals surface area contributed by atoms with E-state index in [4.69, 9.17) is 4.98 Å². The summed E-state index contributed by atoms with van der Waals surface area (Å²) in [6.45, 7) is 5.71. The molecule has 1 aliphatic heterocycles. The molecule has 0 radical (unpaired) electrons. The van der Waals surface area contributed by atoms with E-state index in [2.05, 4.69) is 45.1 Å². The number of anilines is 2. The Morgan fingerprint density at radius 2 is 1.88 bits per heavy atom. The van der Waals surface area contributed by atoms with Crippen LogP contribution in [0, 0.1) is 0 Å². The molecule has 3 aromatic rings. The molecular weight excluding hydrogens is 416 g/mol. The lowest BCUT2D eigenvalue weighted by atomic mass is 10.1. The van der Waals surface area contributed by atoms with Crippen molar-refractivity contribution in [1.29, 1.82) is 0 Å². The van der Waals surface area contributed by atoms with Gasteiger partial charge in [0.05, 0.1) is 17.3 Å². The van der Waals surface area contributed by atoms with Crippen molar-refractivity contribution in [3.63, 3.8) is 0 Å². The third-order valence-corrected chi connectivity index (χ3v) is 6.68. The lowest BCUT2D eigenvalue weighted by Gasteiger charge is -2.33. The number of amides is 1. The van der Waals surface area contributed by atoms with Gasteiger partial charge < -0.3 is 25.4 Å². The van der Waals surface area contributed by atoms with Crippen LogP contribution < -0.4 is 26.3 Å². The second-order valence-electron chi connectivity index (χ2n) is 8.70. The first-order chi connectivity index (χ1) is 16.1. The lowest BCUT2D eigenvalue weighted by molar-refractivity contribution is 0.0962. The van der Waals surface area contributed by atoms with Crippen molar-refractivity contribution in [1.82, 2.24) is 20.2 Å². The van der Waals surface area contributed by atoms with Gasteiger partial charge in [-0.15, -0.1) is 0 Å². The maximum Gasteiger partial charge on any atom is 0.258 e. The van der Waals surface area contributed by atoms with Crippen LogP contribution >= 0.6 is 0 Å². The number of aromatic nitrogens is 2. The van der Waals surface area contributed by atoms with E-state index in [1.165, 1.54) is 11.1 Å². The second-order valence-corrected chi connectivity index (χ2v) is 8.70. The molecule has 5 rings (SSSR count). The number of hydrogen-bond donors (Lipinski definition) is 3. The van der Waals surface area contributed by atoms with Crippen molar-refractivity contribution in [2.45, 2.75) is 32.4 Å². The molecule has 3 heterocycles.